The van der Waals surface area contributed by atoms with Gasteiger partial charge in [-0.1, -0.05) is 30.7 Å². The fourth-order valence-electron chi connectivity index (χ4n) is 3.39. The van der Waals surface area contributed by atoms with Crippen LogP contribution in [0.2, 0.25) is 5.02 Å². The second-order valence-corrected chi connectivity index (χ2v) is 8.34. The number of carbonyl (C=O) groups excluding carboxylic acids is 1. The van der Waals surface area contributed by atoms with Gasteiger partial charge in [-0.2, -0.15) is 13.2 Å². The fourth-order valence-corrected chi connectivity index (χ4v) is 3.58. The summed E-state index contributed by atoms with van der Waals surface area (Å²) in [5.41, 5.74) is 0.786. The maximum absolute atomic E-state index is 14.3. The highest BCUT2D eigenvalue weighted by molar-refractivity contribution is 6.32. The molecule has 3 N–H and O–H groups in total. The van der Waals surface area contributed by atoms with Crippen LogP contribution in [-0.2, 0) is 11.2 Å². The van der Waals surface area contributed by atoms with Crippen LogP contribution < -0.4 is 10.1 Å². The SMILES string of the molecule is COc1cc([C@@H](C(=O)Nc2cc(CC3CC3)ccc2F)[C@@H](C)C(F)(F)F)ccc1Cl.O=C(O)O. The van der Waals surface area contributed by atoms with E-state index < -0.39 is 35.9 Å². The van der Waals surface area contributed by atoms with E-state index in [1.54, 1.807) is 6.07 Å². The first-order chi connectivity index (χ1) is 15.8. The Kier molecular flexibility index (Phi) is 9.14. The molecule has 0 spiro atoms. The maximum Gasteiger partial charge on any atom is 0.503 e. The van der Waals surface area contributed by atoms with E-state index in [0.717, 1.165) is 31.7 Å². The minimum absolute atomic E-state index is 0.0770. The van der Waals surface area contributed by atoms with Gasteiger partial charge in [-0.15, -0.1) is 0 Å². The van der Waals surface area contributed by atoms with Crippen LogP contribution in [0.1, 0.15) is 36.8 Å². The monoisotopic (exact) mass is 505 g/mol. The quantitative estimate of drug-likeness (QED) is 0.369. The van der Waals surface area contributed by atoms with Gasteiger partial charge in [-0.3, -0.25) is 4.79 Å². The third-order valence-electron chi connectivity index (χ3n) is 5.34. The van der Waals surface area contributed by atoms with Crippen LogP contribution in [0.15, 0.2) is 36.4 Å². The van der Waals surface area contributed by atoms with Gasteiger partial charge in [-0.05, 0) is 60.6 Å². The number of carbonyl (C=O) groups is 2. The molecule has 0 bridgehead atoms. The molecule has 0 radical (unpaired) electrons. The predicted octanol–water partition coefficient (Wildman–Crippen LogP) is 6.58. The summed E-state index contributed by atoms with van der Waals surface area (Å²) in [7, 11) is 1.33. The number of ether oxygens (including phenoxy) is 1. The van der Waals surface area contributed by atoms with Gasteiger partial charge >= 0.3 is 12.3 Å². The molecule has 1 fully saturated rings. The van der Waals surface area contributed by atoms with Gasteiger partial charge in [-0.25, -0.2) is 9.18 Å². The number of hydrogen-bond donors (Lipinski definition) is 3. The Labute approximate surface area is 198 Å². The molecule has 34 heavy (non-hydrogen) atoms. The highest BCUT2D eigenvalue weighted by Gasteiger charge is 2.45. The van der Waals surface area contributed by atoms with Crippen LogP contribution in [0, 0.1) is 17.7 Å². The summed E-state index contributed by atoms with van der Waals surface area (Å²) in [6, 6.07) is 8.36. The summed E-state index contributed by atoms with van der Waals surface area (Å²) in [4.78, 5) is 21.5. The van der Waals surface area contributed by atoms with Gasteiger partial charge in [0.15, 0.2) is 0 Å². The van der Waals surface area contributed by atoms with Crippen LogP contribution in [0.5, 0.6) is 5.75 Å². The van der Waals surface area contributed by atoms with E-state index in [2.05, 4.69) is 5.32 Å². The van der Waals surface area contributed by atoms with E-state index >= 15 is 0 Å². The summed E-state index contributed by atoms with van der Waals surface area (Å²) < 4.78 is 59.9. The lowest BCUT2D eigenvalue weighted by Gasteiger charge is -2.26. The van der Waals surface area contributed by atoms with Crippen molar-refractivity contribution in [1.82, 2.24) is 0 Å². The molecule has 1 saturated carbocycles. The first-order valence-corrected chi connectivity index (χ1v) is 10.6. The average Bonchev–Trinajstić information content (AvgIpc) is 3.54. The standard InChI is InChI=1S/C22H22ClF4NO2.CH2O3/c1-12(22(25,26)27)20(15-6-7-16(23)19(11-15)30-2)21(29)28-18-10-14(5-8-17(18)24)9-13-3-4-13;2-1(3)4/h5-8,10-13,20H,3-4,9H2,1-2H3,(H,28,29);(H2,2,3,4)/t12-,20+;/m1./s1. The Bertz CT molecular complexity index is 1020. The molecule has 0 aliphatic heterocycles. The van der Waals surface area contributed by atoms with Crippen molar-refractivity contribution in [2.45, 2.75) is 38.3 Å². The Balaban J connectivity index is 0.000000945. The molecule has 0 aromatic heterocycles. The molecule has 1 aliphatic carbocycles. The number of amides is 1. The molecule has 2 atom stereocenters. The molecule has 1 amide bonds. The second kappa shape index (κ2) is 11.4. The molecule has 2 aromatic rings. The van der Waals surface area contributed by atoms with E-state index in [9.17, 15) is 22.4 Å². The van der Waals surface area contributed by atoms with E-state index in [1.165, 1.54) is 37.4 Å². The van der Waals surface area contributed by atoms with Gasteiger partial charge < -0.3 is 20.3 Å². The van der Waals surface area contributed by atoms with Crippen molar-refractivity contribution in [3.05, 3.63) is 58.4 Å². The number of carboxylic acid groups (broad SMARTS) is 2. The van der Waals surface area contributed by atoms with E-state index in [0.29, 0.717) is 5.92 Å². The van der Waals surface area contributed by atoms with E-state index in [4.69, 9.17) is 31.3 Å². The molecule has 186 valence electrons. The smallest absolute Gasteiger partial charge is 0.495 e. The molecule has 0 heterocycles. The van der Waals surface area contributed by atoms with Crippen molar-refractivity contribution in [3.63, 3.8) is 0 Å². The number of alkyl halides is 3. The van der Waals surface area contributed by atoms with Gasteiger partial charge in [0, 0.05) is 0 Å². The lowest BCUT2D eigenvalue weighted by atomic mass is 9.85. The number of rotatable bonds is 7. The number of anilines is 1. The second-order valence-electron chi connectivity index (χ2n) is 7.94. The molecule has 0 saturated heterocycles. The molecule has 6 nitrogen and oxygen atoms in total. The third-order valence-corrected chi connectivity index (χ3v) is 5.66. The molecular formula is C23H24ClF4NO5. The Hall–Kier alpha value is -3.01. The Morgan fingerprint density at radius 3 is 2.32 bits per heavy atom. The van der Waals surface area contributed by atoms with Crippen molar-refractivity contribution < 1.29 is 42.1 Å². The molecule has 0 unspecified atom stereocenters. The topological polar surface area (TPSA) is 95.9 Å². The van der Waals surface area contributed by atoms with Crippen LogP contribution in [0.25, 0.3) is 0 Å². The van der Waals surface area contributed by atoms with Crippen molar-refractivity contribution in [2.75, 3.05) is 12.4 Å². The number of benzene rings is 2. The molecular weight excluding hydrogens is 482 g/mol. The fraction of sp³-hybridized carbons (Fsp3) is 0.391. The zero-order valence-corrected chi connectivity index (χ0v) is 19.1. The predicted molar refractivity (Wildman–Crippen MR) is 118 cm³/mol. The van der Waals surface area contributed by atoms with Crippen molar-refractivity contribution in [1.29, 1.82) is 0 Å². The normalized spacial score (nSPS) is 14.9. The highest BCUT2D eigenvalue weighted by atomic mass is 35.5. The van der Waals surface area contributed by atoms with Crippen molar-refractivity contribution in [2.24, 2.45) is 11.8 Å². The molecule has 1 aliphatic rings. The number of nitrogens with one attached hydrogen (secondary N) is 1. The van der Waals surface area contributed by atoms with Crippen LogP contribution >= 0.6 is 11.6 Å². The summed E-state index contributed by atoms with van der Waals surface area (Å²) in [6.07, 6.45) is -3.52. The number of halogens is 5. The van der Waals surface area contributed by atoms with Gasteiger partial charge in [0.2, 0.25) is 5.91 Å². The maximum atomic E-state index is 14.3. The lowest BCUT2D eigenvalue weighted by molar-refractivity contribution is -0.178. The summed E-state index contributed by atoms with van der Waals surface area (Å²) in [6.45, 7) is 0.922. The summed E-state index contributed by atoms with van der Waals surface area (Å²) in [5, 5.41) is 16.5. The Morgan fingerprint density at radius 1 is 1.18 bits per heavy atom. The van der Waals surface area contributed by atoms with Gasteiger partial charge in [0.1, 0.15) is 11.6 Å². The van der Waals surface area contributed by atoms with Crippen LogP contribution in [0.4, 0.5) is 28.0 Å². The molecule has 11 heteroatoms. The Morgan fingerprint density at radius 2 is 1.79 bits per heavy atom. The van der Waals surface area contributed by atoms with E-state index in [1.807, 2.05) is 0 Å². The minimum atomic E-state index is -4.64. The number of hydrogen-bond acceptors (Lipinski definition) is 3. The zero-order valence-electron chi connectivity index (χ0n) is 18.3. The number of methoxy groups -OCH3 is 1. The minimum Gasteiger partial charge on any atom is -0.495 e. The lowest BCUT2D eigenvalue weighted by Crippen LogP contribution is -2.34. The highest BCUT2D eigenvalue weighted by Crippen LogP contribution is 2.40. The average molecular weight is 506 g/mol. The molecule has 3 rings (SSSR count). The van der Waals surface area contributed by atoms with Crippen molar-refractivity contribution in [3.8, 4) is 5.75 Å². The van der Waals surface area contributed by atoms with Crippen LogP contribution in [0.3, 0.4) is 0 Å². The van der Waals surface area contributed by atoms with Crippen LogP contribution in [-0.4, -0.2) is 35.6 Å². The first kappa shape index (κ1) is 27.2. The summed E-state index contributed by atoms with van der Waals surface area (Å²) in [5.74, 6) is -4.58. The van der Waals surface area contributed by atoms with Gasteiger partial charge in [0.05, 0.1) is 29.7 Å². The summed E-state index contributed by atoms with van der Waals surface area (Å²) >= 11 is 5.97. The van der Waals surface area contributed by atoms with Gasteiger partial charge in [0.25, 0.3) is 0 Å². The zero-order chi connectivity index (χ0) is 25.6. The molecule has 2 aromatic carbocycles. The van der Waals surface area contributed by atoms with Crippen molar-refractivity contribution >= 4 is 29.4 Å². The van der Waals surface area contributed by atoms with E-state index in [-0.39, 0.29) is 22.0 Å². The first-order valence-electron chi connectivity index (χ1n) is 10.2. The third kappa shape index (κ3) is 7.79. The largest absolute Gasteiger partial charge is 0.503 e.